The lowest BCUT2D eigenvalue weighted by Crippen LogP contribution is -2.48. The summed E-state index contributed by atoms with van der Waals surface area (Å²) in [7, 11) is -3.60. The third-order valence-corrected chi connectivity index (χ3v) is 6.63. The second-order valence-electron chi connectivity index (χ2n) is 7.76. The summed E-state index contributed by atoms with van der Waals surface area (Å²) in [6.07, 6.45) is 3.09. The molecule has 0 unspecified atom stereocenters. The molecule has 4 rings (SSSR count). The molecule has 1 saturated heterocycles. The van der Waals surface area contributed by atoms with Gasteiger partial charge >= 0.3 is 0 Å². The van der Waals surface area contributed by atoms with E-state index in [1.807, 2.05) is 0 Å². The van der Waals surface area contributed by atoms with E-state index < -0.39 is 22.0 Å². The first-order valence-electron chi connectivity index (χ1n) is 10.3. The number of carbonyl (C=O) groups excluding carboxylic acids is 2. The molecule has 0 aromatic heterocycles. The maximum Gasteiger partial charge on any atom is 0.267 e. The number of nitrogens with zero attached hydrogens (tertiary/aromatic N) is 2. The minimum Gasteiger partial charge on any atom is -0.476 e. The normalized spacial score (nSPS) is 18.7. The highest BCUT2D eigenvalue weighted by Gasteiger charge is 2.35. The van der Waals surface area contributed by atoms with Crippen molar-refractivity contribution in [2.45, 2.75) is 25.4 Å². The third-order valence-electron chi connectivity index (χ3n) is 5.49. The van der Waals surface area contributed by atoms with Crippen molar-refractivity contribution in [2.75, 3.05) is 35.5 Å². The molecule has 9 heteroatoms. The second-order valence-corrected chi connectivity index (χ2v) is 9.66. The number of carbonyl (C=O) groups is 2. The highest BCUT2D eigenvalue weighted by Crippen LogP contribution is 2.35. The second kappa shape index (κ2) is 8.58. The summed E-state index contributed by atoms with van der Waals surface area (Å²) in [4.78, 5) is 27.8. The molecular weight excluding hydrogens is 418 g/mol. The van der Waals surface area contributed by atoms with E-state index in [1.165, 1.54) is 4.31 Å². The molecule has 2 aromatic rings. The van der Waals surface area contributed by atoms with Gasteiger partial charge in [0.1, 0.15) is 5.75 Å². The molecular formula is C22H25N3O5S. The number of rotatable bonds is 4. The van der Waals surface area contributed by atoms with Crippen molar-refractivity contribution >= 4 is 33.2 Å². The largest absolute Gasteiger partial charge is 0.476 e. The van der Waals surface area contributed by atoms with Gasteiger partial charge in [0.05, 0.1) is 29.7 Å². The Labute approximate surface area is 181 Å². The summed E-state index contributed by atoms with van der Waals surface area (Å²) in [6.45, 7) is 1.25. The van der Waals surface area contributed by atoms with Crippen molar-refractivity contribution in [2.24, 2.45) is 0 Å². The number of anilines is 2. The minimum atomic E-state index is -3.60. The van der Waals surface area contributed by atoms with Crippen molar-refractivity contribution in [3.8, 4) is 5.75 Å². The summed E-state index contributed by atoms with van der Waals surface area (Å²) >= 11 is 0. The average molecular weight is 444 g/mol. The number of amides is 2. The van der Waals surface area contributed by atoms with E-state index >= 15 is 0 Å². The van der Waals surface area contributed by atoms with Crippen molar-refractivity contribution in [1.82, 2.24) is 4.90 Å². The van der Waals surface area contributed by atoms with Crippen LogP contribution in [0.1, 0.15) is 29.6 Å². The fourth-order valence-corrected chi connectivity index (χ4v) is 4.83. The highest BCUT2D eigenvalue weighted by molar-refractivity contribution is 7.92. The molecule has 0 bridgehead atoms. The summed E-state index contributed by atoms with van der Waals surface area (Å²) in [5, 5.41) is 2.77. The predicted octanol–water partition coefficient (Wildman–Crippen LogP) is 2.48. The molecule has 1 fully saturated rings. The quantitative estimate of drug-likeness (QED) is 0.783. The first kappa shape index (κ1) is 21.2. The van der Waals surface area contributed by atoms with E-state index in [0.29, 0.717) is 35.8 Å². The van der Waals surface area contributed by atoms with Crippen molar-refractivity contribution in [1.29, 1.82) is 0 Å². The van der Waals surface area contributed by atoms with Crippen LogP contribution in [0.5, 0.6) is 5.75 Å². The monoisotopic (exact) mass is 443 g/mol. The van der Waals surface area contributed by atoms with Crippen LogP contribution < -0.4 is 14.4 Å². The Kier molecular flexibility index (Phi) is 5.86. The summed E-state index contributed by atoms with van der Waals surface area (Å²) in [6, 6.07) is 13.5. The van der Waals surface area contributed by atoms with Gasteiger partial charge in [0.15, 0.2) is 6.10 Å². The lowest BCUT2D eigenvalue weighted by molar-refractivity contribution is -0.122. The number of likely N-dealkylation sites (tertiary alicyclic amines) is 1. The Bertz CT molecular complexity index is 1100. The summed E-state index contributed by atoms with van der Waals surface area (Å²) < 4.78 is 31.5. The van der Waals surface area contributed by atoms with E-state index in [9.17, 15) is 18.0 Å². The zero-order valence-corrected chi connectivity index (χ0v) is 18.1. The first-order chi connectivity index (χ1) is 14.8. The predicted molar refractivity (Wildman–Crippen MR) is 118 cm³/mol. The van der Waals surface area contributed by atoms with Crippen LogP contribution in [0.3, 0.4) is 0 Å². The SMILES string of the molecule is CS(=O)(=O)N1C[C@@H](C(=O)Nc2ccccc2C(=O)N2CCCCC2)Oc2ccccc21. The van der Waals surface area contributed by atoms with E-state index in [0.717, 1.165) is 25.5 Å². The number of ether oxygens (including phenoxy) is 1. The molecule has 2 heterocycles. The minimum absolute atomic E-state index is 0.122. The molecule has 0 aliphatic carbocycles. The zero-order valence-electron chi connectivity index (χ0n) is 17.3. The number of benzene rings is 2. The Hall–Kier alpha value is -3.07. The molecule has 1 atom stereocenters. The van der Waals surface area contributed by atoms with Crippen LogP contribution in [0.15, 0.2) is 48.5 Å². The van der Waals surface area contributed by atoms with Crippen LogP contribution in [-0.4, -0.2) is 57.1 Å². The van der Waals surface area contributed by atoms with Gasteiger partial charge in [-0.2, -0.15) is 0 Å². The van der Waals surface area contributed by atoms with Crippen LogP contribution in [0.25, 0.3) is 0 Å². The van der Waals surface area contributed by atoms with Gasteiger partial charge in [0, 0.05) is 13.1 Å². The summed E-state index contributed by atoms with van der Waals surface area (Å²) in [5.41, 5.74) is 1.19. The molecule has 2 aliphatic heterocycles. The van der Waals surface area contributed by atoms with Gasteiger partial charge in [0.25, 0.3) is 11.8 Å². The third kappa shape index (κ3) is 4.51. The fourth-order valence-electron chi connectivity index (χ4n) is 3.91. The topological polar surface area (TPSA) is 96.0 Å². The van der Waals surface area contributed by atoms with Crippen LogP contribution >= 0.6 is 0 Å². The average Bonchev–Trinajstić information content (AvgIpc) is 2.78. The van der Waals surface area contributed by atoms with Crippen molar-refractivity contribution < 1.29 is 22.7 Å². The van der Waals surface area contributed by atoms with Gasteiger partial charge in [-0.3, -0.25) is 13.9 Å². The Morgan fingerprint density at radius 3 is 2.42 bits per heavy atom. The van der Waals surface area contributed by atoms with E-state index in [4.69, 9.17) is 4.74 Å². The standard InChI is InChI=1S/C22H25N3O5S/c1-31(28,29)25-15-20(30-19-12-6-5-11-18(19)25)21(26)23-17-10-4-3-9-16(17)22(27)24-13-7-2-8-14-24/h3-6,9-12,20H,2,7-8,13-15H2,1H3,(H,23,26)/t20-/m0/s1. The van der Waals surface area contributed by atoms with Crippen molar-refractivity contribution in [3.63, 3.8) is 0 Å². The number of hydrogen-bond donors (Lipinski definition) is 1. The molecule has 8 nitrogen and oxygen atoms in total. The Balaban J connectivity index is 1.56. The molecule has 1 N–H and O–H groups in total. The number of nitrogens with one attached hydrogen (secondary N) is 1. The molecule has 0 radical (unpaired) electrons. The lowest BCUT2D eigenvalue weighted by Gasteiger charge is -2.34. The number of hydrogen-bond acceptors (Lipinski definition) is 5. The summed E-state index contributed by atoms with van der Waals surface area (Å²) in [5.74, 6) is -0.317. The van der Waals surface area contributed by atoms with Gasteiger partial charge in [0.2, 0.25) is 10.0 Å². The smallest absolute Gasteiger partial charge is 0.267 e. The number of sulfonamides is 1. The van der Waals surface area contributed by atoms with E-state index in [2.05, 4.69) is 5.32 Å². The Morgan fingerprint density at radius 1 is 1.00 bits per heavy atom. The molecule has 2 amide bonds. The molecule has 0 saturated carbocycles. The Morgan fingerprint density at radius 2 is 1.68 bits per heavy atom. The van der Waals surface area contributed by atoms with Crippen molar-refractivity contribution in [3.05, 3.63) is 54.1 Å². The van der Waals surface area contributed by atoms with Crippen LogP contribution in [0.2, 0.25) is 0 Å². The maximum absolute atomic E-state index is 13.0. The lowest BCUT2D eigenvalue weighted by atomic mass is 10.1. The van der Waals surface area contributed by atoms with E-state index in [-0.39, 0.29) is 12.5 Å². The number of para-hydroxylation sites is 3. The molecule has 2 aromatic carbocycles. The van der Waals surface area contributed by atoms with Gasteiger partial charge in [-0.15, -0.1) is 0 Å². The van der Waals surface area contributed by atoms with Crippen LogP contribution in [-0.2, 0) is 14.8 Å². The maximum atomic E-state index is 13.0. The number of fused-ring (bicyclic) bond motifs is 1. The van der Waals surface area contributed by atoms with Gasteiger partial charge < -0.3 is 15.0 Å². The van der Waals surface area contributed by atoms with Gasteiger partial charge in [-0.05, 0) is 43.5 Å². The van der Waals surface area contributed by atoms with E-state index in [1.54, 1.807) is 53.4 Å². The zero-order chi connectivity index (χ0) is 22.0. The highest BCUT2D eigenvalue weighted by atomic mass is 32.2. The number of piperidine rings is 1. The first-order valence-corrected chi connectivity index (χ1v) is 12.1. The molecule has 31 heavy (non-hydrogen) atoms. The molecule has 2 aliphatic rings. The molecule has 164 valence electrons. The fraction of sp³-hybridized carbons (Fsp3) is 0.364. The molecule has 0 spiro atoms. The van der Waals surface area contributed by atoms with Gasteiger partial charge in [-0.25, -0.2) is 8.42 Å². The van der Waals surface area contributed by atoms with Crippen LogP contribution in [0, 0.1) is 0 Å². The van der Waals surface area contributed by atoms with Crippen LogP contribution in [0.4, 0.5) is 11.4 Å². The van der Waals surface area contributed by atoms with Gasteiger partial charge in [-0.1, -0.05) is 24.3 Å².